The molecule has 150 valence electrons. The van der Waals surface area contributed by atoms with Gasteiger partial charge in [0.15, 0.2) is 5.78 Å². The van der Waals surface area contributed by atoms with Gasteiger partial charge in [0.2, 0.25) is 0 Å². The van der Waals surface area contributed by atoms with E-state index >= 15 is 0 Å². The summed E-state index contributed by atoms with van der Waals surface area (Å²) in [4.78, 5) is 25.2. The molecule has 0 amide bonds. The average molecular weight is 376 g/mol. The summed E-state index contributed by atoms with van der Waals surface area (Å²) in [6, 6.07) is 0. The predicted molar refractivity (Wildman–Crippen MR) is 104 cm³/mol. The van der Waals surface area contributed by atoms with Crippen LogP contribution in [-0.4, -0.2) is 36.2 Å². The zero-order valence-electron chi connectivity index (χ0n) is 17.1. The van der Waals surface area contributed by atoms with Crippen LogP contribution in [0.2, 0.25) is 0 Å². The van der Waals surface area contributed by atoms with Gasteiger partial charge in [-0.05, 0) is 38.0 Å². The van der Waals surface area contributed by atoms with E-state index in [0.29, 0.717) is 22.5 Å². The molecule has 1 unspecified atom stereocenters. The number of ether oxygens (including phenoxy) is 2. The van der Waals surface area contributed by atoms with E-state index in [1.807, 2.05) is 6.92 Å². The second-order valence-corrected chi connectivity index (χ2v) is 7.80. The number of unbranched alkanes of at least 4 members (excludes halogenated alkanes) is 3. The van der Waals surface area contributed by atoms with Gasteiger partial charge < -0.3 is 14.6 Å². The van der Waals surface area contributed by atoms with E-state index in [9.17, 15) is 14.7 Å². The quantitative estimate of drug-likeness (QED) is 0.395. The number of fused-ring (bicyclic) bond motifs is 1. The van der Waals surface area contributed by atoms with Gasteiger partial charge in [0, 0.05) is 11.5 Å². The number of hydrogen-bond donors (Lipinski definition) is 1. The highest BCUT2D eigenvalue weighted by molar-refractivity contribution is 6.01. The third kappa shape index (κ3) is 4.52. The standard InChI is InChI=1S/C22H32O5/c1-6-7-8-9-10-14(2)19(23)12-17-20(21(24)26-5)16-11-15(3)27-13-18(16)22(17,4)25/h11-12,14,18,25H,6-10,13H2,1-5H3/b17-12+/t14-,18?,22+/m0/s1. The molecule has 5 heteroatoms. The van der Waals surface area contributed by atoms with Crippen LogP contribution in [-0.2, 0) is 19.1 Å². The number of hydrogen-bond acceptors (Lipinski definition) is 5. The number of methoxy groups -OCH3 is 1. The molecule has 0 bridgehead atoms. The molecule has 0 saturated carbocycles. The highest BCUT2D eigenvalue weighted by atomic mass is 16.5. The van der Waals surface area contributed by atoms with Crippen molar-refractivity contribution in [3.8, 4) is 0 Å². The van der Waals surface area contributed by atoms with Gasteiger partial charge in [0.1, 0.15) is 0 Å². The molecular formula is C22H32O5. The van der Waals surface area contributed by atoms with E-state index in [1.54, 1.807) is 19.9 Å². The molecule has 1 N–H and O–H groups in total. The number of aliphatic hydroxyl groups is 1. The van der Waals surface area contributed by atoms with Crippen molar-refractivity contribution in [2.45, 2.75) is 65.4 Å². The Morgan fingerprint density at radius 1 is 1.41 bits per heavy atom. The molecule has 1 heterocycles. The van der Waals surface area contributed by atoms with Gasteiger partial charge in [0.05, 0.1) is 36.6 Å². The van der Waals surface area contributed by atoms with E-state index in [-0.39, 0.29) is 18.3 Å². The first kappa shape index (κ1) is 21.4. The molecule has 0 fully saturated rings. The SMILES string of the molecule is CCCCCC[C@H](C)C(=O)/C=C1\C(C(=O)OC)=C2C=C(C)OCC2[C@]1(C)O. The summed E-state index contributed by atoms with van der Waals surface area (Å²) >= 11 is 0. The molecule has 0 spiro atoms. The smallest absolute Gasteiger partial charge is 0.338 e. The van der Waals surface area contributed by atoms with Crippen LogP contribution >= 0.6 is 0 Å². The number of allylic oxidation sites excluding steroid dienone is 3. The number of esters is 1. The number of carbonyl (C=O) groups excluding carboxylic acids is 2. The molecule has 27 heavy (non-hydrogen) atoms. The highest BCUT2D eigenvalue weighted by Crippen LogP contribution is 2.47. The third-order valence-electron chi connectivity index (χ3n) is 5.65. The molecule has 3 atom stereocenters. The van der Waals surface area contributed by atoms with Gasteiger partial charge in [-0.15, -0.1) is 0 Å². The average Bonchev–Trinajstić information content (AvgIpc) is 2.84. The number of ketones is 1. The van der Waals surface area contributed by atoms with Gasteiger partial charge >= 0.3 is 5.97 Å². The molecule has 2 aliphatic rings. The number of rotatable bonds is 8. The maximum atomic E-state index is 12.8. The van der Waals surface area contributed by atoms with Crippen molar-refractivity contribution in [1.29, 1.82) is 0 Å². The molecule has 1 aliphatic carbocycles. The largest absolute Gasteiger partial charge is 0.497 e. The van der Waals surface area contributed by atoms with E-state index in [0.717, 1.165) is 25.7 Å². The summed E-state index contributed by atoms with van der Waals surface area (Å²) in [6.07, 6.45) is 8.46. The Kier molecular flexibility index (Phi) is 7.04. The molecule has 0 aromatic carbocycles. The Morgan fingerprint density at radius 3 is 2.74 bits per heavy atom. The first-order chi connectivity index (χ1) is 12.7. The van der Waals surface area contributed by atoms with Crippen LogP contribution in [0.25, 0.3) is 0 Å². The zero-order chi connectivity index (χ0) is 20.2. The first-order valence-electron chi connectivity index (χ1n) is 9.86. The summed E-state index contributed by atoms with van der Waals surface area (Å²) < 4.78 is 10.5. The molecule has 0 radical (unpaired) electrons. The van der Waals surface area contributed by atoms with Crippen molar-refractivity contribution in [2.75, 3.05) is 13.7 Å². The van der Waals surface area contributed by atoms with Gasteiger partial charge in [-0.1, -0.05) is 39.5 Å². The summed E-state index contributed by atoms with van der Waals surface area (Å²) in [5, 5.41) is 11.1. The molecular weight excluding hydrogens is 344 g/mol. The zero-order valence-corrected chi connectivity index (χ0v) is 17.1. The highest BCUT2D eigenvalue weighted by Gasteiger charge is 2.50. The van der Waals surface area contributed by atoms with Crippen LogP contribution < -0.4 is 0 Å². The van der Waals surface area contributed by atoms with Crippen molar-refractivity contribution < 1.29 is 24.2 Å². The van der Waals surface area contributed by atoms with Gasteiger partial charge in [0.25, 0.3) is 0 Å². The lowest BCUT2D eigenvalue weighted by atomic mass is 9.84. The Bertz CT molecular complexity index is 681. The van der Waals surface area contributed by atoms with Crippen molar-refractivity contribution in [3.05, 3.63) is 34.6 Å². The van der Waals surface area contributed by atoms with Gasteiger partial charge in [-0.25, -0.2) is 4.79 Å². The Morgan fingerprint density at radius 2 is 2.11 bits per heavy atom. The lowest BCUT2D eigenvalue weighted by Gasteiger charge is -2.31. The van der Waals surface area contributed by atoms with E-state index in [1.165, 1.54) is 19.6 Å². The van der Waals surface area contributed by atoms with Crippen LogP contribution in [0.4, 0.5) is 0 Å². The summed E-state index contributed by atoms with van der Waals surface area (Å²) in [6.45, 7) is 7.76. The van der Waals surface area contributed by atoms with Crippen LogP contribution in [0.5, 0.6) is 0 Å². The predicted octanol–water partition coefficient (Wildman–Crippen LogP) is 3.87. The lowest BCUT2D eigenvalue weighted by molar-refractivity contribution is -0.135. The maximum absolute atomic E-state index is 12.8. The van der Waals surface area contributed by atoms with Crippen molar-refractivity contribution in [1.82, 2.24) is 0 Å². The first-order valence-corrected chi connectivity index (χ1v) is 9.86. The molecule has 1 aliphatic heterocycles. The van der Waals surface area contributed by atoms with Crippen molar-refractivity contribution in [2.24, 2.45) is 11.8 Å². The molecule has 0 aromatic heterocycles. The molecule has 2 rings (SSSR count). The third-order valence-corrected chi connectivity index (χ3v) is 5.65. The van der Waals surface area contributed by atoms with Crippen LogP contribution in [0.3, 0.4) is 0 Å². The topological polar surface area (TPSA) is 72.8 Å². The van der Waals surface area contributed by atoms with Gasteiger partial charge in [-0.3, -0.25) is 4.79 Å². The Hall–Kier alpha value is -1.88. The molecule has 5 nitrogen and oxygen atoms in total. The van der Waals surface area contributed by atoms with E-state index in [4.69, 9.17) is 9.47 Å². The summed E-state index contributed by atoms with van der Waals surface area (Å²) in [5.74, 6) is -0.466. The Labute approximate surface area is 162 Å². The second-order valence-electron chi connectivity index (χ2n) is 7.80. The fourth-order valence-electron chi connectivity index (χ4n) is 3.83. The van der Waals surface area contributed by atoms with E-state index in [2.05, 4.69) is 6.92 Å². The van der Waals surface area contributed by atoms with Gasteiger partial charge in [-0.2, -0.15) is 0 Å². The normalized spacial score (nSPS) is 27.1. The van der Waals surface area contributed by atoms with Crippen LogP contribution in [0.15, 0.2) is 34.6 Å². The number of carbonyl (C=O) groups is 2. The minimum Gasteiger partial charge on any atom is -0.497 e. The summed E-state index contributed by atoms with van der Waals surface area (Å²) in [7, 11) is 1.31. The molecule has 0 saturated heterocycles. The van der Waals surface area contributed by atoms with Crippen molar-refractivity contribution in [3.63, 3.8) is 0 Å². The lowest BCUT2D eigenvalue weighted by Crippen LogP contribution is -2.37. The molecule has 0 aromatic rings. The minimum absolute atomic E-state index is 0.0657. The second kappa shape index (κ2) is 8.87. The minimum atomic E-state index is -1.35. The van der Waals surface area contributed by atoms with Crippen LogP contribution in [0.1, 0.15) is 59.8 Å². The maximum Gasteiger partial charge on any atom is 0.338 e. The fraction of sp³-hybridized carbons (Fsp3) is 0.636. The van der Waals surface area contributed by atoms with Crippen molar-refractivity contribution >= 4 is 11.8 Å². The van der Waals surface area contributed by atoms with Crippen LogP contribution in [0, 0.1) is 11.8 Å². The monoisotopic (exact) mass is 376 g/mol. The fourth-order valence-corrected chi connectivity index (χ4v) is 3.83. The summed E-state index contributed by atoms with van der Waals surface area (Å²) in [5.41, 5.74) is -0.0329. The van der Waals surface area contributed by atoms with E-state index < -0.39 is 17.5 Å². The Balaban J connectivity index is 2.33.